The quantitative estimate of drug-likeness (QED) is 0.928. The van der Waals surface area contributed by atoms with Gasteiger partial charge in [-0.2, -0.15) is 0 Å². The van der Waals surface area contributed by atoms with Gasteiger partial charge in [-0.15, -0.1) is 0 Å². The van der Waals surface area contributed by atoms with Crippen LogP contribution in [0.25, 0.3) is 11.3 Å². The molecule has 128 valence electrons. The second-order valence-electron chi connectivity index (χ2n) is 6.81. The van der Waals surface area contributed by atoms with Crippen LogP contribution in [0.2, 0.25) is 0 Å². The zero-order valence-corrected chi connectivity index (χ0v) is 13.9. The normalized spacial score (nSPS) is 23.5. The van der Waals surface area contributed by atoms with Crippen LogP contribution in [-0.2, 0) is 4.74 Å². The Balaban J connectivity index is 1.56. The third kappa shape index (κ3) is 3.23. The third-order valence-corrected chi connectivity index (χ3v) is 5.28. The average molecular weight is 329 g/mol. The highest BCUT2D eigenvalue weighted by Crippen LogP contribution is 2.32. The molecule has 1 atom stereocenters. The number of nitrogens with zero attached hydrogens (tertiary/aromatic N) is 2. The molecule has 2 fully saturated rings. The molecule has 2 heterocycles. The van der Waals surface area contributed by atoms with Crippen molar-refractivity contribution in [2.75, 3.05) is 19.8 Å². The highest BCUT2D eigenvalue weighted by atomic mass is 19.1. The number of morpholine rings is 1. The molecular weight excluding hydrogens is 305 g/mol. The topological polar surface area (TPSA) is 41.1 Å². The minimum Gasteiger partial charge on any atom is -0.378 e. The average Bonchev–Trinajstić information content (AvgIpc) is 3.13. The molecule has 0 spiro atoms. The van der Waals surface area contributed by atoms with E-state index >= 15 is 0 Å². The zero-order valence-electron chi connectivity index (χ0n) is 13.9. The number of aromatic nitrogens is 2. The van der Waals surface area contributed by atoms with Gasteiger partial charge in [-0.3, -0.25) is 4.90 Å². The first kappa shape index (κ1) is 15.8. The molecule has 5 heteroatoms. The third-order valence-electron chi connectivity index (χ3n) is 5.28. The second kappa shape index (κ2) is 7.03. The highest BCUT2D eigenvalue weighted by molar-refractivity contribution is 5.58. The number of hydrogen-bond acceptors (Lipinski definition) is 3. The summed E-state index contributed by atoms with van der Waals surface area (Å²) in [5.74, 6) is 0.738. The molecular formula is C19H24FN3O. The maximum Gasteiger partial charge on any atom is 0.126 e. The summed E-state index contributed by atoms with van der Waals surface area (Å²) in [4.78, 5) is 10.6. The van der Waals surface area contributed by atoms with Crippen molar-refractivity contribution in [2.45, 2.75) is 44.2 Å². The number of rotatable bonds is 3. The summed E-state index contributed by atoms with van der Waals surface area (Å²) in [6.07, 6.45) is 8.42. The summed E-state index contributed by atoms with van der Waals surface area (Å²) in [6, 6.07) is 7.36. The molecule has 1 N–H and O–H groups in total. The largest absolute Gasteiger partial charge is 0.378 e. The molecule has 1 saturated carbocycles. The Hall–Kier alpha value is -1.72. The maximum absolute atomic E-state index is 13.1. The summed E-state index contributed by atoms with van der Waals surface area (Å²) >= 11 is 0. The Morgan fingerprint density at radius 2 is 1.92 bits per heavy atom. The summed E-state index contributed by atoms with van der Waals surface area (Å²) in [6.45, 7) is 2.47. The van der Waals surface area contributed by atoms with E-state index in [9.17, 15) is 4.39 Å². The molecule has 1 aliphatic carbocycles. The van der Waals surface area contributed by atoms with Crippen molar-refractivity contribution in [2.24, 2.45) is 0 Å². The minimum absolute atomic E-state index is 0.191. The van der Waals surface area contributed by atoms with Gasteiger partial charge in [-0.05, 0) is 42.7 Å². The van der Waals surface area contributed by atoms with E-state index in [1.54, 1.807) is 12.1 Å². The molecule has 4 nitrogen and oxygen atoms in total. The van der Waals surface area contributed by atoms with Crippen molar-refractivity contribution in [3.8, 4) is 11.3 Å². The Labute approximate surface area is 142 Å². The van der Waals surface area contributed by atoms with E-state index in [1.165, 1.54) is 44.2 Å². The summed E-state index contributed by atoms with van der Waals surface area (Å²) in [5.41, 5.74) is 1.88. The molecule has 0 radical (unpaired) electrons. The molecule has 2 aromatic rings. The van der Waals surface area contributed by atoms with Gasteiger partial charge >= 0.3 is 0 Å². The number of aromatic amines is 1. The Morgan fingerprint density at radius 1 is 1.12 bits per heavy atom. The SMILES string of the molecule is Fc1ccc(-c2cnc(C3COCCN3C3CCCCC3)[nH]2)cc1. The van der Waals surface area contributed by atoms with E-state index in [4.69, 9.17) is 4.74 Å². The van der Waals surface area contributed by atoms with Crippen LogP contribution in [0.3, 0.4) is 0 Å². The van der Waals surface area contributed by atoms with E-state index in [1.807, 2.05) is 6.20 Å². The van der Waals surface area contributed by atoms with Crippen molar-refractivity contribution >= 4 is 0 Å². The number of ether oxygens (including phenoxy) is 1. The lowest BCUT2D eigenvalue weighted by molar-refractivity contribution is -0.0400. The van der Waals surface area contributed by atoms with E-state index in [-0.39, 0.29) is 11.9 Å². The van der Waals surface area contributed by atoms with Crippen LogP contribution in [-0.4, -0.2) is 40.7 Å². The van der Waals surface area contributed by atoms with E-state index < -0.39 is 0 Å². The van der Waals surface area contributed by atoms with Gasteiger partial charge in [0.1, 0.15) is 11.6 Å². The molecule has 1 aromatic carbocycles. The molecule has 1 saturated heterocycles. The fraction of sp³-hybridized carbons (Fsp3) is 0.526. The molecule has 2 aliphatic rings. The predicted molar refractivity (Wildman–Crippen MR) is 91.1 cm³/mol. The van der Waals surface area contributed by atoms with Gasteiger partial charge in [-0.25, -0.2) is 9.37 Å². The van der Waals surface area contributed by atoms with Crippen LogP contribution in [0, 0.1) is 5.82 Å². The summed E-state index contributed by atoms with van der Waals surface area (Å²) in [7, 11) is 0. The van der Waals surface area contributed by atoms with Crippen LogP contribution in [0.1, 0.15) is 44.0 Å². The van der Waals surface area contributed by atoms with Crippen LogP contribution in [0.15, 0.2) is 30.5 Å². The van der Waals surface area contributed by atoms with Gasteiger partial charge in [0, 0.05) is 12.6 Å². The number of benzene rings is 1. The van der Waals surface area contributed by atoms with Gasteiger partial charge in [0.15, 0.2) is 0 Å². The second-order valence-corrected chi connectivity index (χ2v) is 6.81. The van der Waals surface area contributed by atoms with E-state index in [0.29, 0.717) is 12.6 Å². The van der Waals surface area contributed by atoms with Gasteiger partial charge in [0.2, 0.25) is 0 Å². The predicted octanol–water partition coefficient (Wildman–Crippen LogP) is 3.92. The summed E-state index contributed by atoms with van der Waals surface area (Å²) in [5, 5.41) is 0. The van der Waals surface area contributed by atoms with Gasteiger partial charge in [0.25, 0.3) is 0 Å². The first-order valence-corrected chi connectivity index (χ1v) is 8.95. The minimum atomic E-state index is -0.220. The fourth-order valence-corrected chi connectivity index (χ4v) is 3.98. The van der Waals surface area contributed by atoms with Gasteiger partial charge in [-0.1, -0.05) is 19.3 Å². The first-order valence-electron chi connectivity index (χ1n) is 8.95. The van der Waals surface area contributed by atoms with Gasteiger partial charge < -0.3 is 9.72 Å². The van der Waals surface area contributed by atoms with Crippen LogP contribution in [0.4, 0.5) is 4.39 Å². The number of nitrogens with one attached hydrogen (secondary N) is 1. The zero-order chi connectivity index (χ0) is 16.4. The van der Waals surface area contributed by atoms with E-state index in [0.717, 1.165) is 30.2 Å². The first-order chi connectivity index (χ1) is 11.8. The molecule has 1 aliphatic heterocycles. The van der Waals surface area contributed by atoms with Crippen LogP contribution in [0.5, 0.6) is 0 Å². The van der Waals surface area contributed by atoms with E-state index in [2.05, 4.69) is 14.9 Å². The van der Waals surface area contributed by atoms with Crippen molar-refractivity contribution in [3.05, 3.63) is 42.1 Å². The highest BCUT2D eigenvalue weighted by Gasteiger charge is 2.32. The van der Waals surface area contributed by atoms with Crippen molar-refractivity contribution in [3.63, 3.8) is 0 Å². The van der Waals surface area contributed by atoms with Gasteiger partial charge in [0.05, 0.1) is 31.1 Å². The number of imidazole rings is 1. The lowest BCUT2D eigenvalue weighted by Gasteiger charge is -2.41. The fourth-order valence-electron chi connectivity index (χ4n) is 3.98. The molecule has 0 bridgehead atoms. The molecule has 0 amide bonds. The Bertz CT molecular complexity index is 664. The number of hydrogen-bond donors (Lipinski definition) is 1. The van der Waals surface area contributed by atoms with Crippen LogP contribution < -0.4 is 0 Å². The number of H-pyrrole nitrogens is 1. The van der Waals surface area contributed by atoms with Crippen molar-refractivity contribution in [1.82, 2.24) is 14.9 Å². The monoisotopic (exact) mass is 329 g/mol. The lowest BCUT2D eigenvalue weighted by Crippen LogP contribution is -2.46. The lowest BCUT2D eigenvalue weighted by atomic mass is 9.93. The number of halogens is 1. The molecule has 24 heavy (non-hydrogen) atoms. The smallest absolute Gasteiger partial charge is 0.126 e. The maximum atomic E-state index is 13.1. The molecule has 1 aromatic heterocycles. The molecule has 4 rings (SSSR count). The Kier molecular flexibility index (Phi) is 4.63. The van der Waals surface area contributed by atoms with Crippen molar-refractivity contribution < 1.29 is 9.13 Å². The van der Waals surface area contributed by atoms with Crippen molar-refractivity contribution in [1.29, 1.82) is 0 Å². The molecule has 1 unspecified atom stereocenters. The van der Waals surface area contributed by atoms with Crippen LogP contribution >= 0.6 is 0 Å². The Morgan fingerprint density at radius 3 is 2.71 bits per heavy atom. The summed E-state index contributed by atoms with van der Waals surface area (Å²) < 4.78 is 18.8. The standard InChI is InChI=1S/C19H24FN3O/c20-15-8-6-14(7-9-15)17-12-21-19(22-17)18-13-24-11-10-23(18)16-4-2-1-3-5-16/h6-9,12,16,18H,1-5,10-11,13H2,(H,21,22).